The summed E-state index contributed by atoms with van der Waals surface area (Å²) >= 11 is 0. The summed E-state index contributed by atoms with van der Waals surface area (Å²) in [6.07, 6.45) is 0. The zero-order valence-corrected chi connectivity index (χ0v) is 14.5. The molecule has 3 aromatic rings. The number of hydrogen-bond donors (Lipinski definition) is 2. The summed E-state index contributed by atoms with van der Waals surface area (Å²) in [5, 5.41) is 5.58. The van der Waals surface area contributed by atoms with E-state index >= 15 is 0 Å². The number of carbonyl (C=O) groups excluding carboxylic acids is 1. The van der Waals surface area contributed by atoms with E-state index in [1.54, 1.807) is 31.2 Å². The highest BCUT2D eigenvalue weighted by Gasteiger charge is 2.14. The lowest BCUT2D eigenvalue weighted by Crippen LogP contribution is -2.04. The summed E-state index contributed by atoms with van der Waals surface area (Å²) in [4.78, 5) is 19.7. The summed E-state index contributed by atoms with van der Waals surface area (Å²) in [7, 11) is 0. The van der Waals surface area contributed by atoms with Crippen LogP contribution in [0.4, 0.5) is 36.3 Å². The smallest absolute Gasteiger partial charge is 0.229 e. The maximum Gasteiger partial charge on any atom is 0.229 e. The second kappa shape index (κ2) is 7.45. The van der Waals surface area contributed by atoms with Gasteiger partial charge in [0.2, 0.25) is 5.95 Å². The Hall–Kier alpha value is -3.42. The zero-order valence-electron chi connectivity index (χ0n) is 14.5. The Morgan fingerprint density at radius 3 is 2.30 bits per heavy atom. The Labute approximate surface area is 153 Å². The molecule has 0 aliphatic heterocycles. The normalized spacial score (nSPS) is 10.6. The van der Waals surface area contributed by atoms with Gasteiger partial charge in [0.25, 0.3) is 0 Å². The molecule has 0 atom stereocenters. The summed E-state index contributed by atoms with van der Waals surface area (Å²) in [5.41, 5.74) is 1.54. The molecule has 138 valence electrons. The van der Waals surface area contributed by atoms with E-state index in [2.05, 4.69) is 20.6 Å². The van der Waals surface area contributed by atoms with Crippen LogP contribution in [0.15, 0.2) is 42.5 Å². The number of rotatable bonds is 5. The second-order valence-electron chi connectivity index (χ2n) is 5.82. The van der Waals surface area contributed by atoms with Crippen LogP contribution in [0, 0.1) is 24.4 Å². The third-order valence-corrected chi connectivity index (χ3v) is 3.70. The van der Waals surface area contributed by atoms with E-state index in [0.29, 0.717) is 16.9 Å². The number of Topliss-reactive ketones (excluding diaryl/α,β-unsaturated/α-hetero) is 1. The number of hydrogen-bond acceptors (Lipinski definition) is 5. The van der Waals surface area contributed by atoms with E-state index in [-0.39, 0.29) is 23.2 Å². The van der Waals surface area contributed by atoms with Gasteiger partial charge in [-0.15, -0.1) is 0 Å². The number of halogens is 3. The number of benzene rings is 2. The number of anilines is 4. The molecule has 0 bridgehead atoms. The molecule has 2 N–H and O–H groups in total. The van der Waals surface area contributed by atoms with Crippen LogP contribution in [0.1, 0.15) is 23.0 Å². The summed E-state index contributed by atoms with van der Waals surface area (Å²) in [5.74, 6) is -3.79. The van der Waals surface area contributed by atoms with Crippen molar-refractivity contribution >= 4 is 28.9 Å². The quantitative estimate of drug-likeness (QED) is 0.493. The molecule has 0 amide bonds. The standard InChI is InChI=1S/C19H15F3N4O/c1-10-9-16(25-15-8-7-14(20)17(21)18(15)22)26-19(23-10)24-13-5-3-12(4-6-13)11(2)27/h3-9H,1-2H3,(H2,23,24,25,26). The molecule has 1 heterocycles. The van der Waals surface area contributed by atoms with E-state index in [0.717, 1.165) is 12.1 Å². The van der Waals surface area contributed by atoms with Gasteiger partial charge in [0.05, 0.1) is 5.69 Å². The van der Waals surface area contributed by atoms with Gasteiger partial charge in [-0.1, -0.05) is 0 Å². The van der Waals surface area contributed by atoms with Gasteiger partial charge in [-0.2, -0.15) is 4.98 Å². The van der Waals surface area contributed by atoms with Crippen molar-refractivity contribution in [1.29, 1.82) is 0 Å². The molecule has 0 radical (unpaired) electrons. The number of aryl methyl sites for hydroxylation is 1. The minimum absolute atomic E-state index is 0.0478. The summed E-state index contributed by atoms with van der Waals surface area (Å²) in [6.45, 7) is 3.18. The molecule has 0 saturated carbocycles. The van der Waals surface area contributed by atoms with E-state index in [9.17, 15) is 18.0 Å². The number of carbonyl (C=O) groups is 1. The number of aromatic nitrogens is 2. The number of nitrogens with zero attached hydrogens (tertiary/aromatic N) is 2. The zero-order chi connectivity index (χ0) is 19.6. The Bertz CT molecular complexity index is 1010. The Balaban J connectivity index is 1.84. The molecular weight excluding hydrogens is 357 g/mol. The van der Waals surface area contributed by atoms with E-state index in [1.165, 1.54) is 13.0 Å². The number of ketones is 1. The molecule has 0 spiro atoms. The van der Waals surface area contributed by atoms with E-state index in [4.69, 9.17) is 0 Å². The lowest BCUT2D eigenvalue weighted by Gasteiger charge is -2.11. The van der Waals surface area contributed by atoms with E-state index in [1.807, 2.05) is 0 Å². The molecule has 0 fully saturated rings. The minimum Gasteiger partial charge on any atom is -0.338 e. The first-order valence-corrected chi connectivity index (χ1v) is 7.97. The highest BCUT2D eigenvalue weighted by atomic mass is 19.2. The largest absolute Gasteiger partial charge is 0.338 e. The van der Waals surface area contributed by atoms with Gasteiger partial charge in [0.1, 0.15) is 5.82 Å². The third kappa shape index (κ3) is 4.22. The van der Waals surface area contributed by atoms with Crippen LogP contribution < -0.4 is 10.6 Å². The molecule has 0 unspecified atom stereocenters. The van der Waals surface area contributed by atoms with Crippen molar-refractivity contribution in [2.24, 2.45) is 0 Å². The predicted octanol–water partition coefficient (Wildman–Crippen LogP) is 4.89. The van der Waals surface area contributed by atoms with Crippen molar-refractivity contribution in [3.63, 3.8) is 0 Å². The number of nitrogens with one attached hydrogen (secondary N) is 2. The fraction of sp³-hybridized carbons (Fsp3) is 0.105. The first-order chi connectivity index (χ1) is 12.8. The molecule has 0 aliphatic carbocycles. The third-order valence-electron chi connectivity index (χ3n) is 3.70. The maximum absolute atomic E-state index is 13.8. The molecule has 8 heteroatoms. The van der Waals surface area contributed by atoms with Gasteiger partial charge in [0.15, 0.2) is 23.2 Å². The predicted molar refractivity (Wildman–Crippen MR) is 96.1 cm³/mol. The molecule has 27 heavy (non-hydrogen) atoms. The van der Waals surface area contributed by atoms with Crippen LogP contribution in [-0.4, -0.2) is 15.8 Å². The minimum atomic E-state index is -1.56. The average Bonchev–Trinajstić information content (AvgIpc) is 2.62. The van der Waals surface area contributed by atoms with Gasteiger partial charge in [-0.05, 0) is 50.2 Å². The highest BCUT2D eigenvalue weighted by molar-refractivity contribution is 5.94. The summed E-state index contributed by atoms with van der Waals surface area (Å²) < 4.78 is 40.3. The van der Waals surface area contributed by atoms with Crippen LogP contribution in [0.3, 0.4) is 0 Å². The van der Waals surface area contributed by atoms with Crippen LogP contribution in [0.25, 0.3) is 0 Å². The SMILES string of the molecule is CC(=O)c1ccc(Nc2nc(C)cc(Nc3ccc(F)c(F)c3F)n2)cc1. The van der Waals surface area contributed by atoms with Crippen molar-refractivity contribution < 1.29 is 18.0 Å². The summed E-state index contributed by atoms with van der Waals surface area (Å²) in [6, 6.07) is 10.2. The molecule has 0 aliphatic rings. The van der Waals surface area contributed by atoms with Crippen LogP contribution >= 0.6 is 0 Å². The molecule has 0 saturated heterocycles. The van der Waals surface area contributed by atoms with Crippen molar-refractivity contribution in [3.05, 3.63) is 71.2 Å². The molecular formula is C19H15F3N4O. The van der Waals surface area contributed by atoms with Gasteiger partial charge < -0.3 is 10.6 Å². The average molecular weight is 372 g/mol. The Kier molecular flexibility index (Phi) is 5.07. The van der Waals surface area contributed by atoms with Gasteiger partial charge in [0, 0.05) is 23.0 Å². The molecule has 2 aromatic carbocycles. The molecule has 5 nitrogen and oxygen atoms in total. The van der Waals surface area contributed by atoms with Gasteiger partial charge in [-0.3, -0.25) is 4.79 Å². The van der Waals surface area contributed by atoms with Crippen molar-refractivity contribution in [2.75, 3.05) is 10.6 Å². The van der Waals surface area contributed by atoms with Crippen molar-refractivity contribution in [2.45, 2.75) is 13.8 Å². The Morgan fingerprint density at radius 1 is 0.926 bits per heavy atom. The van der Waals surface area contributed by atoms with Crippen molar-refractivity contribution in [3.8, 4) is 0 Å². The fourth-order valence-corrected chi connectivity index (χ4v) is 2.37. The first kappa shape index (κ1) is 18.4. The van der Waals surface area contributed by atoms with E-state index < -0.39 is 17.5 Å². The second-order valence-corrected chi connectivity index (χ2v) is 5.82. The fourth-order valence-electron chi connectivity index (χ4n) is 2.37. The van der Waals surface area contributed by atoms with Crippen molar-refractivity contribution in [1.82, 2.24) is 9.97 Å². The monoisotopic (exact) mass is 372 g/mol. The Morgan fingerprint density at radius 2 is 1.63 bits per heavy atom. The van der Waals surface area contributed by atoms with Gasteiger partial charge in [-0.25, -0.2) is 18.2 Å². The van der Waals surface area contributed by atoms with Crippen LogP contribution in [0.2, 0.25) is 0 Å². The lowest BCUT2D eigenvalue weighted by molar-refractivity contribution is 0.101. The maximum atomic E-state index is 13.8. The molecule has 1 aromatic heterocycles. The van der Waals surface area contributed by atoms with Crippen LogP contribution in [-0.2, 0) is 0 Å². The van der Waals surface area contributed by atoms with Gasteiger partial charge >= 0.3 is 0 Å². The highest BCUT2D eigenvalue weighted by Crippen LogP contribution is 2.24. The lowest BCUT2D eigenvalue weighted by atomic mass is 10.1. The van der Waals surface area contributed by atoms with Crippen LogP contribution in [0.5, 0.6) is 0 Å². The topological polar surface area (TPSA) is 66.9 Å². The first-order valence-electron chi connectivity index (χ1n) is 7.97. The molecule has 3 rings (SSSR count).